The van der Waals surface area contributed by atoms with Gasteiger partial charge in [0, 0.05) is 6.21 Å². The SMILES string of the molecule is CCOC(=O)C1C=Nc2ccsc2N1N. The van der Waals surface area contributed by atoms with Crippen molar-refractivity contribution in [1.82, 2.24) is 0 Å². The quantitative estimate of drug-likeness (QED) is 0.604. The number of rotatable bonds is 2. The first kappa shape index (κ1) is 10.1. The summed E-state index contributed by atoms with van der Waals surface area (Å²) in [5.74, 6) is 5.45. The molecule has 2 rings (SSSR count). The molecular formula is C9H11N3O2S. The summed E-state index contributed by atoms with van der Waals surface area (Å²) in [5, 5.41) is 4.07. The zero-order chi connectivity index (χ0) is 10.8. The fourth-order valence-corrected chi connectivity index (χ4v) is 2.14. The summed E-state index contributed by atoms with van der Waals surface area (Å²) in [6.07, 6.45) is 1.51. The maximum Gasteiger partial charge on any atom is 0.336 e. The van der Waals surface area contributed by atoms with Gasteiger partial charge >= 0.3 is 5.97 Å². The molecule has 0 spiro atoms. The van der Waals surface area contributed by atoms with Crippen LogP contribution >= 0.6 is 11.3 Å². The molecule has 80 valence electrons. The molecule has 0 fully saturated rings. The lowest BCUT2D eigenvalue weighted by Crippen LogP contribution is -2.48. The molecule has 5 nitrogen and oxygen atoms in total. The Balaban J connectivity index is 2.22. The number of aliphatic imine (C=N–C) groups is 1. The highest BCUT2D eigenvalue weighted by Crippen LogP contribution is 2.36. The van der Waals surface area contributed by atoms with Crippen molar-refractivity contribution in [2.45, 2.75) is 13.0 Å². The average molecular weight is 225 g/mol. The van der Waals surface area contributed by atoms with Gasteiger partial charge in [0.2, 0.25) is 0 Å². The van der Waals surface area contributed by atoms with E-state index in [1.807, 2.05) is 11.4 Å². The van der Waals surface area contributed by atoms with Crippen molar-refractivity contribution in [3.05, 3.63) is 11.4 Å². The lowest BCUT2D eigenvalue weighted by atomic mass is 10.2. The van der Waals surface area contributed by atoms with Gasteiger partial charge in [-0.15, -0.1) is 11.3 Å². The van der Waals surface area contributed by atoms with E-state index < -0.39 is 6.04 Å². The molecule has 0 aliphatic carbocycles. The molecule has 1 unspecified atom stereocenters. The zero-order valence-electron chi connectivity index (χ0n) is 8.21. The van der Waals surface area contributed by atoms with Gasteiger partial charge in [-0.3, -0.25) is 10.0 Å². The third kappa shape index (κ3) is 1.73. The van der Waals surface area contributed by atoms with E-state index in [0.29, 0.717) is 6.61 Å². The van der Waals surface area contributed by atoms with Crippen molar-refractivity contribution in [2.24, 2.45) is 10.8 Å². The zero-order valence-corrected chi connectivity index (χ0v) is 9.03. The Morgan fingerprint density at radius 3 is 3.33 bits per heavy atom. The standard InChI is InChI=1S/C9H11N3O2S/c1-2-14-9(13)7-5-11-6-3-4-15-8(6)12(7)10/h3-5,7H,2,10H2,1H3. The van der Waals surface area contributed by atoms with Gasteiger partial charge < -0.3 is 4.74 Å². The maximum absolute atomic E-state index is 11.5. The Hall–Kier alpha value is -1.40. The molecule has 1 aliphatic rings. The number of carbonyl (C=O) groups is 1. The normalized spacial score (nSPS) is 18.8. The summed E-state index contributed by atoms with van der Waals surface area (Å²) in [6.45, 7) is 2.10. The van der Waals surface area contributed by atoms with Crippen LogP contribution < -0.4 is 10.9 Å². The van der Waals surface area contributed by atoms with E-state index in [2.05, 4.69) is 4.99 Å². The number of ether oxygens (including phenoxy) is 1. The largest absolute Gasteiger partial charge is 0.464 e. The highest BCUT2D eigenvalue weighted by atomic mass is 32.1. The third-order valence-electron chi connectivity index (χ3n) is 2.04. The predicted molar refractivity (Wildman–Crippen MR) is 59.6 cm³/mol. The summed E-state index contributed by atoms with van der Waals surface area (Å²) in [7, 11) is 0. The molecular weight excluding hydrogens is 214 g/mol. The Labute approximate surface area is 91.1 Å². The van der Waals surface area contributed by atoms with Gasteiger partial charge in [-0.2, -0.15) is 0 Å². The van der Waals surface area contributed by atoms with Crippen LogP contribution in [0.3, 0.4) is 0 Å². The van der Waals surface area contributed by atoms with E-state index in [-0.39, 0.29) is 5.97 Å². The predicted octanol–water partition coefficient (Wildman–Crippen LogP) is 1.08. The average Bonchev–Trinajstić information content (AvgIpc) is 2.67. The van der Waals surface area contributed by atoms with Gasteiger partial charge in [0.15, 0.2) is 6.04 Å². The smallest absolute Gasteiger partial charge is 0.336 e. The molecule has 0 bridgehead atoms. The molecule has 0 aromatic carbocycles. The molecule has 0 saturated carbocycles. The number of carbonyl (C=O) groups excluding carboxylic acids is 1. The number of hydrazine groups is 1. The second-order valence-corrected chi connectivity index (χ2v) is 3.89. The van der Waals surface area contributed by atoms with Crippen molar-refractivity contribution in [1.29, 1.82) is 0 Å². The summed E-state index contributed by atoms with van der Waals surface area (Å²) in [5.41, 5.74) is 0.794. The summed E-state index contributed by atoms with van der Waals surface area (Å²) >= 11 is 1.45. The van der Waals surface area contributed by atoms with E-state index in [1.54, 1.807) is 6.92 Å². The van der Waals surface area contributed by atoms with E-state index in [0.717, 1.165) is 10.7 Å². The first-order valence-corrected chi connectivity index (χ1v) is 5.44. The lowest BCUT2D eigenvalue weighted by Gasteiger charge is -2.26. The molecule has 1 atom stereocenters. The van der Waals surface area contributed by atoms with Gasteiger partial charge in [0.1, 0.15) is 5.00 Å². The van der Waals surface area contributed by atoms with Crippen LogP contribution in [0, 0.1) is 0 Å². The number of nitrogens with two attached hydrogens (primary N) is 1. The lowest BCUT2D eigenvalue weighted by molar-refractivity contribution is -0.142. The minimum atomic E-state index is -0.615. The Morgan fingerprint density at radius 2 is 2.60 bits per heavy atom. The summed E-state index contributed by atoms with van der Waals surface area (Å²) in [4.78, 5) is 15.7. The van der Waals surface area contributed by atoms with Crippen LogP contribution in [0.1, 0.15) is 6.92 Å². The van der Waals surface area contributed by atoms with Crippen LogP contribution in [-0.2, 0) is 9.53 Å². The van der Waals surface area contributed by atoms with Crippen LogP contribution in [0.2, 0.25) is 0 Å². The number of hydrogen-bond donors (Lipinski definition) is 1. The van der Waals surface area contributed by atoms with E-state index in [4.69, 9.17) is 10.6 Å². The molecule has 1 aliphatic heterocycles. The molecule has 2 heterocycles. The highest BCUT2D eigenvalue weighted by molar-refractivity contribution is 7.14. The minimum Gasteiger partial charge on any atom is -0.464 e. The van der Waals surface area contributed by atoms with Crippen molar-refractivity contribution in [2.75, 3.05) is 11.6 Å². The van der Waals surface area contributed by atoms with E-state index in [1.165, 1.54) is 22.6 Å². The van der Waals surface area contributed by atoms with Crippen LogP contribution in [0.15, 0.2) is 16.4 Å². The Bertz CT molecular complexity index is 402. The van der Waals surface area contributed by atoms with Crippen LogP contribution in [0.5, 0.6) is 0 Å². The van der Waals surface area contributed by atoms with Gasteiger partial charge in [0.05, 0.1) is 12.3 Å². The number of hydrogen-bond acceptors (Lipinski definition) is 6. The number of esters is 1. The number of anilines is 1. The van der Waals surface area contributed by atoms with Crippen molar-refractivity contribution >= 4 is 34.2 Å². The summed E-state index contributed by atoms with van der Waals surface area (Å²) < 4.78 is 4.90. The molecule has 2 N–H and O–H groups in total. The van der Waals surface area contributed by atoms with Crippen LogP contribution in [0.4, 0.5) is 10.7 Å². The monoisotopic (exact) mass is 225 g/mol. The fraction of sp³-hybridized carbons (Fsp3) is 0.333. The third-order valence-corrected chi connectivity index (χ3v) is 2.96. The van der Waals surface area contributed by atoms with Gasteiger partial charge in [-0.1, -0.05) is 0 Å². The van der Waals surface area contributed by atoms with Gasteiger partial charge in [0.25, 0.3) is 0 Å². The molecule has 15 heavy (non-hydrogen) atoms. The molecule has 0 saturated heterocycles. The first-order valence-electron chi connectivity index (χ1n) is 4.56. The molecule has 6 heteroatoms. The minimum absolute atomic E-state index is 0.342. The topological polar surface area (TPSA) is 67.9 Å². The van der Waals surface area contributed by atoms with Crippen LogP contribution in [-0.4, -0.2) is 24.8 Å². The van der Waals surface area contributed by atoms with E-state index in [9.17, 15) is 4.79 Å². The van der Waals surface area contributed by atoms with Crippen LogP contribution in [0.25, 0.3) is 0 Å². The second kappa shape index (κ2) is 4.00. The van der Waals surface area contributed by atoms with Gasteiger partial charge in [-0.25, -0.2) is 10.6 Å². The van der Waals surface area contributed by atoms with Crippen molar-refractivity contribution in [3.8, 4) is 0 Å². The fourth-order valence-electron chi connectivity index (χ4n) is 1.34. The maximum atomic E-state index is 11.5. The Kier molecular flexibility index (Phi) is 2.70. The number of thiophene rings is 1. The number of nitrogens with zero attached hydrogens (tertiary/aromatic N) is 2. The van der Waals surface area contributed by atoms with E-state index >= 15 is 0 Å². The van der Waals surface area contributed by atoms with Crippen molar-refractivity contribution < 1.29 is 9.53 Å². The molecule has 0 amide bonds. The first-order chi connectivity index (χ1) is 7.24. The molecule has 1 aromatic rings. The Morgan fingerprint density at radius 1 is 1.80 bits per heavy atom. The molecule has 0 radical (unpaired) electrons. The second-order valence-electron chi connectivity index (χ2n) is 2.99. The summed E-state index contributed by atoms with van der Waals surface area (Å²) in [6, 6.07) is 1.24. The number of fused-ring (bicyclic) bond motifs is 1. The van der Waals surface area contributed by atoms with Gasteiger partial charge in [-0.05, 0) is 18.4 Å². The van der Waals surface area contributed by atoms with Crippen molar-refractivity contribution in [3.63, 3.8) is 0 Å². The highest BCUT2D eigenvalue weighted by Gasteiger charge is 2.29. The molecule has 1 aromatic heterocycles.